The van der Waals surface area contributed by atoms with E-state index in [1.54, 1.807) is 32.4 Å². The van der Waals surface area contributed by atoms with E-state index in [1.165, 1.54) is 11.1 Å². The molecule has 0 unspecified atom stereocenters. The summed E-state index contributed by atoms with van der Waals surface area (Å²) in [5.74, 6) is 1.49. The second kappa shape index (κ2) is 10.9. The van der Waals surface area contributed by atoms with Crippen molar-refractivity contribution in [2.75, 3.05) is 27.4 Å². The van der Waals surface area contributed by atoms with Crippen LogP contribution in [0.3, 0.4) is 0 Å². The molecule has 3 aromatic carbocycles. The fourth-order valence-electron chi connectivity index (χ4n) is 3.40. The number of hydrogen-bond donors (Lipinski definition) is 1. The van der Waals surface area contributed by atoms with Gasteiger partial charge in [-0.15, -0.1) is 0 Å². The second-order valence-electron chi connectivity index (χ2n) is 6.79. The SMILES string of the molecule is COc1cccc(OC)c1OCC(=O)NCCC(c1ccccc1)c1ccccc1. The molecule has 1 amide bonds. The Balaban J connectivity index is 1.58. The van der Waals surface area contributed by atoms with Gasteiger partial charge < -0.3 is 19.5 Å². The Kier molecular flexibility index (Phi) is 7.72. The Morgan fingerprint density at radius 3 is 1.83 bits per heavy atom. The van der Waals surface area contributed by atoms with Crippen molar-refractivity contribution in [1.82, 2.24) is 5.32 Å². The molecule has 0 spiro atoms. The summed E-state index contributed by atoms with van der Waals surface area (Å²) in [4.78, 5) is 12.4. The topological polar surface area (TPSA) is 56.8 Å². The smallest absolute Gasteiger partial charge is 0.257 e. The lowest BCUT2D eigenvalue weighted by atomic mass is 9.88. The Labute approximate surface area is 177 Å². The average molecular weight is 405 g/mol. The van der Waals surface area contributed by atoms with Crippen LogP contribution < -0.4 is 19.5 Å². The highest BCUT2D eigenvalue weighted by molar-refractivity contribution is 5.77. The highest BCUT2D eigenvalue weighted by Crippen LogP contribution is 2.36. The van der Waals surface area contributed by atoms with E-state index in [2.05, 4.69) is 29.6 Å². The third kappa shape index (κ3) is 5.54. The molecule has 0 aliphatic carbocycles. The molecule has 0 fully saturated rings. The van der Waals surface area contributed by atoms with Crippen LogP contribution in [-0.4, -0.2) is 33.3 Å². The molecule has 3 rings (SSSR count). The molecular weight excluding hydrogens is 378 g/mol. The number of benzene rings is 3. The third-order valence-corrected chi connectivity index (χ3v) is 4.89. The predicted molar refractivity (Wildman–Crippen MR) is 117 cm³/mol. The van der Waals surface area contributed by atoms with Gasteiger partial charge in [-0.25, -0.2) is 0 Å². The van der Waals surface area contributed by atoms with Crippen molar-refractivity contribution < 1.29 is 19.0 Å². The first-order valence-electron chi connectivity index (χ1n) is 9.93. The number of para-hydroxylation sites is 1. The number of amides is 1. The molecular formula is C25H27NO4. The number of carbonyl (C=O) groups excluding carboxylic acids is 1. The molecule has 0 aromatic heterocycles. The van der Waals surface area contributed by atoms with Crippen LogP contribution in [0.25, 0.3) is 0 Å². The maximum absolute atomic E-state index is 12.4. The fourth-order valence-corrected chi connectivity index (χ4v) is 3.40. The lowest BCUT2D eigenvalue weighted by molar-refractivity contribution is -0.123. The van der Waals surface area contributed by atoms with Gasteiger partial charge >= 0.3 is 0 Å². The summed E-state index contributed by atoms with van der Waals surface area (Å²) in [6.07, 6.45) is 0.789. The first kappa shape index (κ1) is 21.2. The first-order chi connectivity index (χ1) is 14.7. The van der Waals surface area contributed by atoms with Crippen molar-refractivity contribution >= 4 is 5.91 Å². The zero-order chi connectivity index (χ0) is 21.2. The van der Waals surface area contributed by atoms with Gasteiger partial charge in [-0.3, -0.25) is 4.79 Å². The summed E-state index contributed by atoms with van der Waals surface area (Å²) >= 11 is 0. The van der Waals surface area contributed by atoms with E-state index in [4.69, 9.17) is 14.2 Å². The van der Waals surface area contributed by atoms with Crippen LogP contribution in [0, 0.1) is 0 Å². The maximum atomic E-state index is 12.4. The number of rotatable bonds is 10. The monoisotopic (exact) mass is 405 g/mol. The molecule has 0 aliphatic rings. The molecule has 3 aromatic rings. The molecule has 5 nitrogen and oxygen atoms in total. The molecule has 156 valence electrons. The van der Waals surface area contributed by atoms with Gasteiger partial charge in [0.1, 0.15) is 0 Å². The number of nitrogens with one attached hydrogen (secondary N) is 1. The van der Waals surface area contributed by atoms with E-state index in [9.17, 15) is 4.79 Å². The summed E-state index contributed by atoms with van der Waals surface area (Å²) in [7, 11) is 3.10. The first-order valence-corrected chi connectivity index (χ1v) is 9.93. The van der Waals surface area contributed by atoms with E-state index in [-0.39, 0.29) is 18.4 Å². The molecule has 5 heteroatoms. The van der Waals surface area contributed by atoms with Crippen LogP contribution in [0.1, 0.15) is 23.5 Å². The van der Waals surface area contributed by atoms with Crippen LogP contribution >= 0.6 is 0 Å². The van der Waals surface area contributed by atoms with Crippen molar-refractivity contribution in [2.24, 2.45) is 0 Å². The third-order valence-electron chi connectivity index (χ3n) is 4.89. The fraction of sp³-hybridized carbons (Fsp3) is 0.240. The zero-order valence-corrected chi connectivity index (χ0v) is 17.3. The number of ether oxygens (including phenoxy) is 3. The zero-order valence-electron chi connectivity index (χ0n) is 17.3. The lowest BCUT2D eigenvalue weighted by Crippen LogP contribution is -2.30. The molecule has 30 heavy (non-hydrogen) atoms. The standard InChI is InChI=1S/C25H27NO4/c1-28-22-14-9-15-23(29-2)25(22)30-18-24(27)26-17-16-21(19-10-5-3-6-11-19)20-12-7-4-8-13-20/h3-15,21H,16-18H2,1-2H3,(H,26,27). The normalized spacial score (nSPS) is 10.5. The molecule has 1 N–H and O–H groups in total. The average Bonchev–Trinajstić information content (AvgIpc) is 2.81. The number of carbonyl (C=O) groups is 1. The summed E-state index contributed by atoms with van der Waals surface area (Å²) in [5, 5.41) is 2.95. The van der Waals surface area contributed by atoms with Crippen LogP contribution in [0.2, 0.25) is 0 Å². The Hall–Kier alpha value is -3.47. The van der Waals surface area contributed by atoms with E-state index < -0.39 is 0 Å². The molecule has 0 bridgehead atoms. The highest BCUT2D eigenvalue weighted by atomic mass is 16.5. The largest absolute Gasteiger partial charge is 0.493 e. The summed E-state index contributed by atoms with van der Waals surface area (Å²) in [6, 6.07) is 26.0. The predicted octanol–water partition coefficient (Wildman–Crippen LogP) is 4.42. The second-order valence-corrected chi connectivity index (χ2v) is 6.79. The van der Waals surface area contributed by atoms with Gasteiger partial charge in [0.2, 0.25) is 5.75 Å². The Bertz CT molecular complexity index is 867. The molecule has 0 atom stereocenters. The van der Waals surface area contributed by atoms with E-state index in [0.29, 0.717) is 23.8 Å². The minimum absolute atomic E-state index is 0.113. The van der Waals surface area contributed by atoms with Gasteiger partial charge in [0.15, 0.2) is 18.1 Å². The Morgan fingerprint density at radius 2 is 1.33 bits per heavy atom. The van der Waals surface area contributed by atoms with Gasteiger partial charge in [-0.1, -0.05) is 66.7 Å². The van der Waals surface area contributed by atoms with Crippen LogP contribution in [0.15, 0.2) is 78.9 Å². The van der Waals surface area contributed by atoms with Gasteiger partial charge in [-0.05, 0) is 29.7 Å². The van der Waals surface area contributed by atoms with Gasteiger partial charge in [0, 0.05) is 12.5 Å². The quantitative estimate of drug-likeness (QED) is 0.542. The molecule has 0 radical (unpaired) electrons. The Morgan fingerprint density at radius 1 is 0.800 bits per heavy atom. The van der Waals surface area contributed by atoms with Crippen molar-refractivity contribution in [3.8, 4) is 17.2 Å². The van der Waals surface area contributed by atoms with Gasteiger partial charge in [0.25, 0.3) is 5.91 Å². The lowest BCUT2D eigenvalue weighted by Gasteiger charge is -2.19. The summed E-state index contributed by atoms with van der Waals surface area (Å²) in [5.41, 5.74) is 2.46. The summed E-state index contributed by atoms with van der Waals surface area (Å²) in [6.45, 7) is 0.428. The van der Waals surface area contributed by atoms with Crippen LogP contribution in [-0.2, 0) is 4.79 Å². The maximum Gasteiger partial charge on any atom is 0.257 e. The summed E-state index contributed by atoms with van der Waals surface area (Å²) < 4.78 is 16.3. The van der Waals surface area contributed by atoms with Crippen molar-refractivity contribution in [2.45, 2.75) is 12.3 Å². The minimum atomic E-state index is -0.192. The minimum Gasteiger partial charge on any atom is -0.493 e. The van der Waals surface area contributed by atoms with Crippen molar-refractivity contribution in [3.05, 3.63) is 90.0 Å². The highest BCUT2D eigenvalue weighted by Gasteiger charge is 2.16. The molecule has 0 saturated heterocycles. The number of hydrogen-bond acceptors (Lipinski definition) is 4. The van der Waals surface area contributed by atoms with Crippen molar-refractivity contribution in [1.29, 1.82) is 0 Å². The van der Waals surface area contributed by atoms with E-state index in [1.807, 2.05) is 36.4 Å². The molecule has 0 aliphatic heterocycles. The number of methoxy groups -OCH3 is 2. The van der Waals surface area contributed by atoms with Crippen LogP contribution in [0.5, 0.6) is 17.2 Å². The van der Waals surface area contributed by atoms with Crippen molar-refractivity contribution in [3.63, 3.8) is 0 Å². The molecule has 0 heterocycles. The van der Waals surface area contributed by atoms with Gasteiger partial charge in [0.05, 0.1) is 14.2 Å². The van der Waals surface area contributed by atoms with E-state index >= 15 is 0 Å². The molecule has 0 saturated carbocycles. The van der Waals surface area contributed by atoms with Gasteiger partial charge in [-0.2, -0.15) is 0 Å². The van der Waals surface area contributed by atoms with Crippen LogP contribution in [0.4, 0.5) is 0 Å². The van der Waals surface area contributed by atoms with E-state index in [0.717, 1.165) is 6.42 Å².